The Morgan fingerprint density at radius 3 is 2.43 bits per heavy atom. The number of ether oxygens (including phenoxy) is 2. The van der Waals surface area contributed by atoms with Gasteiger partial charge in [0.2, 0.25) is 5.95 Å². The molecule has 0 atom stereocenters. The van der Waals surface area contributed by atoms with E-state index in [1.807, 2.05) is 48.5 Å². The lowest BCUT2D eigenvalue weighted by Gasteiger charge is -2.10. The maximum atomic E-state index is 5.78. The summed E-state index contributed by atoms with van der Waals surface area (Å²) < 4.78 is 12.4. The van der Waals surface area contributed by atoms with Crippen LogP contribution < -0.4 is 15.2 Å². The van der Waals surface area contributed by atoms with E-state index in [1.54, 1.807) is 18.9 Å². The predicted octanol–water partition coefficient (Wildman–Crippen LogP) is 2.46. The van der Waals surface area contributed by atoms with E-state index in [1.165, 1.54) is 0 Å². The fourth-order valence-corrected chi connectivity index (χ4v) is 2.43. The Labute approximate surface area is 134 Å². The highest BCUT2D eigenvalue weighted by Crippen LogP contribution is 2.28. The van der Waals surface area contributed by atoms with Crippen molar-refractivity contribution >= 4 is 5.95 Å². The number of benzene rings is 2. The summed E-state index contributed by atoms with van der Waals surface area (Å²) in [4.78, 5) is 4.34. The van der Waals surface area contributed by atoms with Crippen molar-refractivity contribution < 1.29 is 9.47 Å². The molecular weight excluding hydrogens is 292 g/mol. The Morgan fingerprint density at radius 2 is 1.74 bits per heavy atom. The minimum absolute atomic E-state index is 0.254. The second-order valence-electron chi connectivity index (χ2n) is 5.00. The summed E-state index contributed by atoms with van der Waals surface area (Å²) in [5.41, 5.74) is 7.74. The normalized spacial score (nSPS) is 10.5. The Kier molecular flexibility index (Phi) is 4.14. The maximum Gasteiger partial charge on any atom is 0.240 e. The van der Waals surface area contributed by atoms with Gasteiger partial charge >= 0.3 is 0 Å². The molecule has 118 valence electrons. The number of nitrogen functional groups attached to an aromatic ring is 1. The number of nitrogens with two attached hydrogens (primary N) is 1. The number of hydrogen-bond acceptors (Lipinski definition) is 5. The third-order valence-electron chi connectivity index (χ3n) is 3.50. The standard InChI is InChI=1S/C17H18N4O2/c1-22-14-9-8-12(10-15(14)23-2)11-16-19-17(18)20-21(16)13-6-4-3-5-7-13/h3-10H,11H2,1-2H3,(H2,18,20). The number of aromatic nitrogens is 3. The van der Waals surface area contributed by atoms with Crippen molar-refractivity contribution in [3.63, 3.8) is 0 Å². The first kappa shape index (κ1) is 14.9. The quantitative estimate of drug-likeness (QED) is 0.783. The van der Waals surface area contributed by atoms with Crippen LogP contribution in [0.1, 0.15) is 11.4 Å². The predicted molar refractivity (Wildman–Crippen MR) is 88.1 cm³/mol. The topological polar surface area (TPSA) is 75.2 Å². The third kappa shape index (κ3) is 3.11. The summed E-state index contributed by atoms with van der Waals surface area (Å²) in [7, 11) is 3.23. The lowest BCUT2D eigenvalue weighted by Crippen LogP contribution is -2.04. The Hall–Kier alpha value is -3.02. The molecule has 2 aromatic carbocycles. The minimum Gasteiger partial charge on any atom is -0.493 e. The van der Waals surface area contributed by atoms with Crippen molar-refractivity contribution in [1.82, 2.24) is 14.8 Å². The number of hydrogen-bond donors (Lipinski definition) is 1. The molecule has 0 radical (unpaired) electrons. The van der Waals surface area contributed by atoms with E-state index in [0.29, 0.717) is 17.9 Å². The van der Waals surface area contributed by atoms with Crippen molar-refractivity contribution in [3.8, 4) is 17.2 Å². The summed E-state index contributed by atoms with van der Waals surface area (Å²) >= 11 is 0. The zero-order valence-electron chi connectivity index (χ0n) is 13.1. The van der Waals surface area contributed by atoms with Crippen LogP contribution in [0.4, 0.5) is 5.95 Å². The highest BCUT2D eigenvalue weighted by molar-refractivity contribution is 5.44. The van der Waals surface area contributed by atoms with E-state index in [2.05, 4.69) is 10.1 Å². The molecule has 1 aromatic heterocycles. The molecule has 0 bridgehead atoms. The fourth-order valence-electron chi connectivity index (χ4n) is 2.43. The Morgan fingerprint density at radius 1 is 1.00 bits per heavy atom. The SMILES string of the molecule is COc1ccc(Cc2nc(N)nn2-c2ccccc2)cc1OC. The molecule has 0 aliphatic heterocycles. The number of nitrogens with zero attached hydrogens (tertiary/aromatic N) is 3. The highest BCUT2D eigenvalue weighted by atomic mass is 16.5. The first-order chi connectivity index (χ1) is 11.2. The molecule has 0 saturated heterocycles. The summed E-state index contributed by atoms with van der Waals surface area (Å²) in [6.45, 7) is 0. The minimum atomic E-state index is 0.254. The molecule has 0 fully saturated rings. The molecule has 0 aliphatic carbocycles. The average molecular weight is 310 g/mol. The van der Waals surface area contributed by atoms with E-state index in [9.17, 15) is 0 Å². The number of rotatable bonds is 5. The molecule has 0 aliphatic rings. The van der Waals surface area contributed by atoms with E-state index in [-0.39, 0.29) is 5.95 Å². The van der Waals surface area contributed by atoms with Gasteiger partial charge < -0.3 is 15.2 Å². The van der Waals surface area contributed by atoms with Gasteiger partial charge in [0.1, 0.15) is 5.82 Å². The van der Waals surface area contributed by atoms with E-state index < -0.39 is 0 Å². The van der Waals surface area contributed by atoms with Crippen LogP contribution in [0.15, 0.2) is 48.5 Å². The van der Waals surface area contributed by atoms with Gasteiger partial charge in [0.15, 0.2) is 11.5 Å². The van der Waals surface area contributed by atoms with Gasteiger partial charge in [0.05, 0.1) is 19.9 Å². The van der Waals surface area contributed by atoms with Crippen LogP contribution in [0.3, 0.4) is 0 Å². The van der Waals surface area contributed by atoms with Gasteiger partial charge in [0, 0.05) is 6.42 Å². The number of anilines is 1. The van der Waals surface area contributed by atoms with Gasteiger partial charge in [-0.1, -0.05) is 24.3 Å². The zero-order valence-corrected chi connectivity index (χ0v) is 13.1. The lowest BCUT2D eigenvalue weighted by molar-refractivity contribution is 0.354. The molecule has 0 unspecified atom stereocenters. The molecule has 23 heavy (non-hydrogen) atoms. The summed E-state index contributed by atoms with van der Waals surface area (Å²) in [6.07, 6.45) is 0.583. The van der Waals surface area contributed by atoms with Crippen molar-refractivity contribution in [2.75, 3.05) is 20.0 Å². The lowest BCUT2D eigenvalue weighted by atomic mass is 10.1. The molecule has 0 spiro atoms. The van der Waals surface area contributed by atoms with Crippen LogP contribution in [0, 0.1) is 0 Å². The molecule has 0 amide bonds. The van der Waals surface area contributed by atoms with Crippen molar-refractivity contribution in [3.05, 3.63) is 59.9 Å². The smallest absolute Gasteiger partial charge is 0.240 e. The molecule has 2 N–H and O–H groups in total. The van der Waals surface area contributed by atoms with Crippen LogP contribution >= 0.6 is 0 Å². The second kappa shape index (κ2) is 6.39. The second-order valence-corrected chi connectivity index (χ2v) is 5.00. The third-order valence-corrected chi connectivity index (χ3v) is 3.50. The molecule has 0 saturated carbocycles. The van der Waals surface area contributed by atoms with Crippen molar-refractivity contribution in [1.29, 1.82) is 0 Å². The number of para-hydroxylation sites is 1. The first-order valence-electron chi connectivity index (χ1n) is 7.19. The highest BCUT2D eigenvalue weighted by Gasteiger charge is 2.12. The van der Waals surface area contributed by atoms with E-state index >= 15 is 0 Å². The Bertz CT molecular complexity index is 800. The first-order valence-corrected chi connectivity index (χ1v) is 7.19. The van der Waals surface area contributed by atoms with Crippen LogP contribution in [0.5, 0.6) is 11.5 Å². The monoisotopic (exact) mass is 310 g/mol. The average Bonchev–Trinajstić information content (AvgIpc) is 2.96. The Balaban J connectivity index is 1.95. The summed E-state index contributed by atoms with van der Waals surface area (Å²) in [5, 5.41) is 4.28. The van der Waals surface area contributed by atoms with Crippen LogP contribution in [-0.2, 0) is 6.42 Å². The zero-order chi connectivity index (χ0) is 16.2. The molecule has 3 aromatic rings. The van der Waals surface area contributed by atoms with E-state index in [4.69, 9.17) is 15.2 Å². The summed E-state index contributed by atoms with van der Waals surface area (Å²) in [6, 6.07) is 15.6. The fraction of sp³-hybridized carbons (Fsp3) is 0.176. The summed E-state index contributed by atoms with van der Waals surface area (Å²) in [5.74, 6) is 2.40. The number of methoxy groups -OCH3 is 2. The van der Waals surface area contributed by atoms with Gasteiger partial charge in [-0.15, -0.1) is 5.10 Å². The van der Waals surface area contributed by atoms with Crippen LogP contribution in [0.2, 0.25) is 0 Å². The van der Waals surface area contributed by atoms with E-state index in [0.717, 1.165) is 17.1 Å². The van der Waals surface area contributed by atoms with Gasteiger partial charge in [-0.05, 0) is 29.8 Å². The maximum absolute atomic E-state index is 5.78. The molecule has 6 heteroatoms. The van der Waals surface area contributed by atoms with Crippen LogP contribution in [0.25, 0.3) is 5.69 Å². The largest absolute Gasteiger partial charge is 0.493 e. The van der Waals surface area contributed by atoms with Crippen LogP contribution in [-0.4, -0.2) is 29.0 Å². The van der Waals surface area contributed by atoms with Crippen molar-refractivity contribution in [2.24, 2.45) is 0 Å². The molecule has 1 heterocycles. The van der Waals surface area contributed by atoms with Crippen molar-refractivity contribution in [2.45, 2.75) is 6.42 Å². The molecule has 3 rings (SSSR count). The molecular formula is C17H18N4O2. The van der Waals surface area contributed by atoms with Gasteiger partial charge in [-0.3, -0.25) is 0 Å². The van der Waals surface area contributed by atoms with Gasteiger partial charge in [-0.25, -0.2) is 4.68 Å². The van der Waals surface area contributed by atoms with Gasteiger partial charge in [0.25, 0.3) is 0 Å². The van der Waals surface area contributed by atoms with Gasteiger partial charge in [-0.2, -0.15) is 4.98 Å². The molecule has 6 nitrogen and oxygen atoms in total.